The third kappa shape index (κ3) is 5.99. The summed E-state index contributed by atoms with van der Waals surface area (Å²) in [5.74, 6) is -0.816. The molecule has 0 atom stereocenters. The molecule has 7 heteroatoms. The number of hydrogen-bond donors (Lipinski definition) is 1. The Balaban J connectivity index is 1.97. The SMILES string of the molecule is CN(Cc1ccc(OCC(=O)O)cc1)C(=O)C(C)(C)Oc1ccc(F)cc1. The van der Waals surface area contributed by atoms with Gasteiger partial charge >= 0.3 is 5.97 Å². The lowest BCUT2D eigenvalue weighted by Crippen LogP contribution is -2.47. The summed E-state index contributed by atoms with van der Waals surface area (Å²) in [5.41, 5.74) is -0.275. The molecule has 0 spiro atoms. The molecule has 0 radical (unpaired) electrons. The number of amides is 1. The summed E-state index contributed by atoms with van der Waals surface area (Å²) >= 11 is 0. The van der Waals surface area contributed by atoms with E-state index in [2.05, 4.69) is 0 Å². The van der Waals surface area contributed by atoms with E-state index in [-0.39, 0.29) is 11.7 Å². The molecule has 0 aliphatic carbocycles. The summed E-state index contributed by atoms with van der Waals surface area (Å²) in [6, 6.07) is 12.3. The first-order chi connectivity index (χ1) is 12.7. The van der Waals surface area contributed by atoms with E-state index in [9.17, 15) is 14.0 Å². The first kappa shape index (κ1) is 20.2. The summed E-state index contributed by atoms with van der Waals surface area (Å²) in [6.45, 7) is 3.23. The molecule has 2 rings (SSSR count). The Labute approximate surface area is 157 Å². The van der Waals surface area contributed by atoms with Crippen LogP contribution in [0.4, 0.5) is 4.39 Å². The molecule has 0 unspecified atom stereocenters. The molecule has 0 aliphatic rings. The van der Waals surface area contributed by atoms with Crippen LogP contribution in [0.3, 0.4) is 0 Å². The van der Waals surface area contributed by atoms with Crippen molar-refractivity contribution in [3.05, 3.63) is 59.9 Å². The highest BCUT2D eigenvalue weighted by Gasteiger charge is 2.32. The number of rotatable bonds is 8. The van der Waals surface area contributed by atoms with Crippen LogP contribution in [0.5, 0.6) is 11.5 Å². The second kappa shape index (κ2) is 8.53. The summed E-state index contributed by atoms with van der Waals surface area (Å²) in [5, 5.41) is 8.61. The van der Waals surface area contributed by atoms with Gasteiger partial charge in [-0.15, -0.1) is 0 Å². The molecular weight excluding hydrogens is 353 g/mol. The van der Waals surface area contributed by atoms with Gasteiger partial charge in [0.05, 0.1) is 0 Å². The molecule has 1 amide bonds. The van der Waals surface area contributed by atoms with E-state index in [1.807, 2.05) is 0 Å². The number of nitrogens with zero attached hydrogens (tertiary/aromatic N) is 1. The van der Waals surface area contributed by atoms with Gasteiger partial charge in [0.2, 0.25) is 0 Å². The Kier molecular flexibility index (Phi) is 6.39. The average Bonchev–Trinajstić information content (AvgIpc) is 2.62. The number of halogens is 1. The number of carbonyl (C=O) groups is 2. The lowest BCUT2D eigenvalue weighted by Gasteiger charge is -2.30. The first-order valence-electron chi connectivity index (χ1n) is 8.31. The molecule has 0 saturated heterocycles. The number of ether oxygens (including phenoxy) is 2. The van der Waals surface area contributed by atoms with Gasteiger partial charge in [-0.2, -0.15) is 0 Å². The number of carbonyl (C=O) groups excluding carboxylic acids is 1. The van der Waals surface area contributed by atoms with E-state index >= 15 is 0 Å². The molecule has 2 aromatic rings. The molecule has 1 N–H and O–H groups in total. The predicted octanol–water partition coefficient (Wildman–Crippen LogP) is 3.11. The summed E-state index contributed by atoms with van der Waals surface area (Å²) in [6.07, 6.45) is 0. The monoisotopic (exact) mass is 375 g/mol. The van der Waals surface area contributed by atoms with Gasteiger partial charge in [-0.05, 0) is 55.8 Å². The van der Waals surface area contributed by atoms with Crippen LogP contribution in [-0.4, -0.2) is 41.1 Å². The zero-order chi connectivity index (χ0) is 20.0. The van der Waals surface area contributed by atoms with Crippen LogP contribution < -0.4 is 9.47 Å². The maximum Gasteiger partial charge on any atom is 0.341 e. The van der Waals surface area contributed by atoms with Gasteiger partial charge in [-0.3, -0.25) is 4.79 Å². The normalized spacial score (nSPS) is 11.0. The maximum atomic E-state index is 13.0. The van der Waals surface area contributed by atoms with Crippen LogP contribution in [-0.2, 0) is 16.1 Å². The van der Waals surface area contributed by atoms with E-state index in [0.717, 1.165) is 5.56 Å². The zero-order valence-corrected chi connectivity index (χ0v) is 15.4. The molecule has 0 saturated carbocycles. The zero-order valence-electron chi connectivity index (χ0n) is 15.4. The lowest BCUT2D eigenvalue weighted by atomic mass is 10.1. The van der Waals surface area contributed by atoms with Gasteiger partial charge in [0.1, 0.15) is 17.3 Å². The number of likely N-dealkylation sites (N-methyl/N-ethyl adjacent to an activating group) is 1. The molecule has 6 nitrogen and oxygen atoms in total. The molecule has 0 aliphatic heterocycles. The summed E-state index contributed by atoms with van der Waals surface area (Å²) in [7, 11) is 1.66. The lowest BCUT2D eigenvalue weighted by molar-refractivity contribution is -0.144. The molecule has 27 heavy (non-hydrogen) atoms. The quantitative estimate of drug-likeness (QED) is 0.767. The standard InChI is InChI=1S/C20H22FNO5/c1-20(2,27-17-10-6-15(21)7-11-17)19(25)22(3)12-14-4-8-16(9-5-14)26-13-18(23)24/h4-11H,12-13H2,1-3H3,(H,23,24). The third-order valence-corrected chi connectivity index (χ3v) is 3.75. The number of carboxylic acids is 1. The van der Waals surface area contributed by atoms with Crippen molar-refractivity contribution in [1.82, 2.24) is 4.90 Å². The van der Waals surface area contributed by atoms with Crippen LogP contribution in [0.15, 0.2) is 48.5 Å². The number of hydrogen-bond acceptors (Lipinski definition) is 4. The maximum absolute atomic E-state index is 13.0. The van der Waals surface area contributed by atoms with Crippen LogP contribution in [0.2, 0.25) is 0 Å². The van der Waals surface area contributed by atoms with E-state index < -0.39 is 18.2 Å². The summed E-state index contributed by atoms with van der Waals surface area (Å²) in [4.78, 5) is 24.7. The van der Waals surface area contributed by atoms with E-state index in [0.29, 0.717) is 18.0 Å². The Morgan fingerprint density at radius 2 is 1.59 bits per heavy atom. The van der Waals surface area contributed by atoms with Crippen molar-refractivity contribution >= 4 is 11.9 Å². The highest BCUT2D eigenvalue weighted by atomic mass is 19.1. The fourth-order valence-electron chi connectivity index (χ4n) is 2.48. The molecule has 144 valence electrons. The van der Waals surface area contributed by atoms with Gasteiger partial charge in [0.15, 0.2) is 12.2 Å². The Morgan fingerprint density at radius 3 is 2.15 bits per heavy atom. The van der Waals surface area contributed by atoms with Crippen molar-refractivity contribution in [2.45, 2.75) is 26.0 Å². The molecule has 0 fully saturated rings. The second-order valence-electron chi connectivity index (χ2n) is 6.55. The van der Waals surface area contributed by atoms with E-state index in [1.54, 1.807) is 45.2 Å². The highest BCUT2D eigenvalue weighted by Crippen LogP contribution is 2.21. The van der Waals surface area contributed by atoms with Crippen LogP contribution in [0, 0.1) is 5.82 Å². The minimum atomic E-state index is -1.13. The number of benzene rings is 2. The van der Waals surface area contributed by atoms with Crippen molar-refractivity contribution in [3.8, 4) is 11.5 Å². The summed E-state index contributed by atoms with van der Waals surface area (Å²) < 4.78 is 23.8. The fraction of sp³-hybridized carbons (Fsp3) is 0.300. The highest BCUT2D eigenvalue weighted by molar-refractivity contribution is 5.84. The molecule has 2 aromatic carbocycles. The van der Waals surface area contributed by atoms with Crippen molar-refractivity contribution in [3.63, 3.8) is 0 Å². The fourth-order valence-corrected chi connectivity index (χ4v) is 2.48. The van der Waals surface area contributed by atoms with E-state index in [1.165, 1.54) is 29.2 Å². The third-order valence-electron chi connectivity index (χ3n) is 3.75. The van der Waals surface area contributed by atoms with Gasteiger partial charge in [-0.25, -0.2) is 9.18 Å². The molecule has 0 aromatic heterocycles. The van der Waals surface area contributed by atoms with Crippen LogP contribution >= 0.6 is 0 Å². The molecule has 0 heterocycles. The average molecular weight is 375 g/mol. The van der Waals surface area contributed by atoms with Crippen molar-refractivity contribution in [2.75, 3.05) is 13.7 Å². The van der Waals surface area contributed by atoms with Crippen molar-refractivity contribution in [1.29, 1.82) is 0 Å². The van der Waals surface area contributed by atoms with Crippen molar-refractivity contribution in [2.24, 2.45) is 0 Å². The Morgan fingerprint density at radius 1 is 1.04 bits per heavy atom. The van der Waals surface area contributed by atoms with Gasteiger partial charge in [-0.1, -0.05) is 12.1 Å². The first-order valence-corrected chi connectivity index (χ1v) is 8.31. The second-order valence-corrected chi connectivity index (χ2v) is 6.55. The minimum absolute atomic E-state index is 0.238. The van der Waals surface area contributed by atoms with Gasteiger partial charge in [0.25, 0.3) is 5.91 Å². The van der Waals surface area contributed by atoms with E-state index in [4.69, 9.17) is 14.6 Å². The topological polar surface area (TPSA) is 76.1 Å². The van der Waals surface area contributed by atoms with Gasteiger partial charge < -0.3 is 19.5 Å². The Bertz CT molecular complexity index is 787. The minimum Gasteiger partial charge on any atom is -0.482 e. The largest absolute Gasteiger partial charge is 0.482 e. The Hall–Kier alpha value is -3.09. The van der Waals surface area contributed by atoms with Crippen LogP contribution in [0.25, 0.3) is 0 Å². The predicted molar refractivity (Wildman–Crippen MR) is 97.2 cm³/mol. The van der Waals surface area contributed by atoms with Crippen molar-refractivity contribution < 1.29 is 28.6 Å². The van der Waals surface area contributed by atoms with Crippen LogP contribution in [0.1, 0.15) is 19.4 Å². The molecule has 0 bridgehead atoms. The van der Waals surface area contributed by atoms with Gasteiger partial charge in [0, 0.05) is 13.6 Å². The smallest absolute Gasteiger partial charge is 0.341 e. The number of aliphatic carboxylic acids is 1. The molecular formula is C20H22FNO5. The number of carboxylic acid groups (broad SMARTS) is 1.